The zero-order chi connectivity index (χ0) is 13.5. The predicted octanol–water partition coefficient (Wildman–Crippen LogP) is 1.25. The first-order chi connectivity index (χ1) is 8.47. The van der Waals surface area contributed by atoms with Gasteiger partial charge in [-0.15, -0.1) is 11.3 Å². The molecule has 6 nitrogen and oxygen atoms in total. The monoisotopic (exact) mass is 270 g/mol. The number of hydrogen-bond donors (Lipinski definition) is 3. The number of carbonyl (C=O) groups is 3. The van der Waals surface area contributed by atoms with E-state index in [1.807, 2.05) is 19.1 Å². The lowest BCUT2D eigenvalue weighted by atomic mass is 10.3. The maximum absolute atomic E-state index is 11.3. The van der Waals surface area contributed by atoms with Gasteiger partial charge in [-0.1, -0.05) is 0 Å². The summed E-state index contributed by atoms with van der Waals surface area (Å²) in [7, 11) is 0. The van der Waals surface area contributed by atoms with E-state index in [-0.39, 0.29) is 12.8 Å². The Hall–Kier alpha value is -1.89. The van der Waals surface area contributed by atoms with Crippen molar-refractivity contribution in [3.63, 3.8) is 0 Å². The third-order valence-electron chi connectivity index (χ3n) is 2.04. The van der Waals surface area contributed by atoms with Gasteiger partial charge in [-0.2, -0.15) is 0 Å². The number of imide groups is 1. The Labute approximate surface area is 108 Å². The number of carboxylic acids is 1. The Bertz CT molecular complexity index is 456. The molecule has 0 fully saturated rings. The molecular formula is C11H14N2O4S. The molecule has 98 valence electrons. The second-order valence-electron chi connectivity index (χ2n) is 3.64. The lowest BCUT2D eigenvalue weighted by molar-refractivity contribution is -0.138. The zero-order valence-corrected chi connectivity index (χ0v) is 10.7. The first kappa shape index (κ1) is 14.2. The normalized spacial score (nSPS) is 9.83. The van der Waals surface area contributed by atoms with Crippen molar-refractivity contribution in [2.75, 3.05) is 0 Å². The van der Waals surface area contributed by atoms with Crippen molar-refractivity contribution in [1.29, 1.82) is 0 Å². The molecule has 18 heavy (non-hydrogen) atoms. The second-order valence-corrected chi connectivity index (χ2v) is 5.01. The van der Waals surface area contributed by atoms with Crippen molar-refractivity contribution in [2.24, 2.45) is 0 Å². The average Bonchev–Trinajstić information content (AvgIpc) is 2.70. The number of rotatable bonds is 5. The van der Waals surface area contributed by atoms with Crippen molar-refractivity contribution < 1.29 is 19.5 Å². The summed E-state index contributed by atoms with van der Waals surface area (Å²) in [5, 5.41) is 13.0. The number of carbonyl (C=O) groups excluding carboxylic acids is 2. The van der Waals surface area contributed by atoms with Gasteiger partial charge in [0.2, 0.25) is 5.91 Å². The van der Waals surface area contributed by atoms with Crippen LogP contribution in [0.2, 0.25) is 0 Å². The third kappa shape index (κ3) is 5.44. The van der Waals surface area contributed by atoms with E-state index in [9.17, 15) is 14.4 Å². The third-order valence-corrected chi connectivity index (χ3v) is 3.04. The summed E-state index contributed by atoms with van der Waals surface area (Å²) in [6, 6.07) is 3.22. The molecule has 0 aliphatic heterocycles. The summed E-state index contributed by atoms with van der Waals surface area (Å²) in [4.78, 5) is 34.8. The van der Waals surface area contributed by atoms with Crippen LogP contribution in [0.4, 0.5) is 4.79 Å². The minimum Gasteiger partial charge on any atom is -0.481 e. The average molecular weight is 270 g/mol. The molecule has 0 aliphatic carbocycles. The minimum absolute atomic E-state index is 0.207. The topological polar surface area (TPSA) is 95.5 Å². The zero-order valence-electron chi connectivity index (χ0n) is 9.86. The minimum atomic E-state index is -1.07. The molecule has 1 aromatic heterocycles. The molecule has 3 N–H and O–H groups in total. The van der Waals surface area contributed by atoms with E-state index >= 15 is 0 Å². The number of amides is 3. The molecule has 0 radical (unpaired) electrons. The molecule has 0 saturated heterocycles. The summed E-state index contributed by atoms with van der Waals surface area (Å²) in [6.45, 7) is 2.31. The van der Waals surface area contributed by atoms with Gasteiger partial charge in [-0.3, -0.25) is 14.9 Å². The molecule has 0 atom stereocenters. The van der Waals surface area contributed by atoms with E-state index in [0.29, 0.717) is 6.54 Å². The molecule has 0 aromatic carbocycles. The van der Waals surface area contributed by atoms with Gasteiger partial charge in [0.25, 0.3) is 0 Å². The molecule has 1 aromatic rings. The number of hydrogen-bond acceptors (Lipinski definition) is 4. The molecule has 0 aliphatic rings. The Kier molecular flexibility index (Phi) is 5.31. The van der Waals surface area contributed by atoms with E-state index in [0.717, 1.165) is 9.75 Å². The Morgan fingerprint density at radius 2 is 2.00 bits per heavy atom. The van der Waals surface area contributed by atoms with Gasteiger partial charge in [0.1, 0.15) is 0 Å². The summed E-state index contributed by atoms with van der Waals surface area (Å²) in [6.07, 6.45) is -0.496. The van der Waals surface area contributed by atoms with Crippen LogP contribution >= 0.6 is 11.3 Å². The van der Waals surface area contributed by atoms with Crippen LogP contribution in [0.1, 0.15) is 22.6 Å². The molecule has 1 rings (SSSR count). The van der Waals surface area contributed by atoms with Crippen molar-refractivity contribution >= 4 is 29.2 Å². The molecule has 3 amide bonds. The van der Waals surface area contributed by atoms with Gasteiger partial charge in [-0.05, 0) is 19.1 Å². The van der Waals surface area contributed by atoms with Crippen molar-refractivity contribution in [1.82, 2.24) is 10.6 Å². The SMILES string of the molecule is Cc1ccc(CNC(=O)NC(=O)CCC(=O)O)s1. The maximum Gasteiger partial charge on any atom is 0.321 e. The summed E-state index contributed by atoms with van der Waals surface area (Å²) in [5.41, 5.74) is 0. The number of thiophene rings is 1. The molecule has 0 spiro atoms. The van der Waals surface area contributed by atoms with Gasteiger partial charge < -0.3 is 10.4 Å². The number of urea groups is 1. The second kappa shape index (κ2) is 6.75. The van der Waals surface area contributed by atoms with Gasteiger partial charge in [0.15, 0.2) is 0 Å². The molecule has 0 unspecified atom stereocenters. The van der Waals surface area contributed by atoms with Crippen LogP contribution < -0.4 is 10.6 Å². The van der Waals surface area contributed by atoms with E-state index < -0.39 is 17.9 Å². The predicted molar refractivity (Wildman–Crippen MR) is 66.3 cm³/mol. The quantitative estimate of drug-likeness (QED) is 0.750. The van der Waals surface area contributed by atoms with Crippen LogP contribution in [0.15, 0.2) is 12.1 Å². The van der Waals surface area contributed by atoms with Crippen LogP contribution in [0.3, 0.4) is 0 Å². The fourth-order valence-electron chi connectivity index (χ4n) is 1.20. The largest absolute Gasteiger partial charge is 0.481 e. The highest BCUT2D eigenvalue weighted by atomic mass is 32.1. The number of aryl methyl sites for hydroxylation is 1. The summed E-state index contributed by atoms with van der Waals surface area (Å²) >= 11 is 1.56. The van der Waals surface area contributed by atoms with Gasteiger partial charge >= 0.3 is 12.0 Å². The first-order valence-corrected chi connectivity index (χ1v) is 6.14. The van der Waals surface area contributed by atoms with E-state index in [1.54, 1.807) is 11.3 Å². The number of nitrogens with one attached hydrogen (secondary N) is 2. The van der Waals surface area contributed by atoms with E-state index in [4.69, 9.17) is 5.11 Å². The molecule has 1 heterocycles. The molecule has 0 bridgehead atoms. The highest BCUT2D eigenvalue weighted by Gasteiger charge is 2.09. The van der Waals surface area contributed by atoms with Crippen LogP contribution in [-0.2, 0) is 16.1 Å². The standard InChI is InChI=1S/C11H14N2O4S/c1-7-2-3-8(18-7)6-12-11(17)13-9(14)4-5-10(15)16/h2-3H,4-6H2,1H3,(H,15,16)(H2,12,13,14,17). The number of aliphatic carboxylic acids is 1. The highest BCUT2D eigenvalue weighted by Crippen LogP contribution is 2.14. The summed E-state index contributed by atoms with van der Waals surface area (Å²) in [5.74, 6) is -1.67. The van der Waals surface area contributed by atoms with Crippen LogP contribution in [0.25, 0.3) is 0 Å². The highest BCUT2D eigenvalue weighted by molar-refractivity contribution is 7.11. The van der Waals surface area contributed by atoms with Crippen molar-refractivity contribution in [3.8, 4) is 0 Å². The lowest BCUT2D eigenvalue weighted by Gasteiger charge is -2.04. The fourth-order valence-corrected chi connectivity index (χ4v) is 2.03. The van der Waals surface area contributed by atoms with Crippen molar-refractivity contribution in [2.45, 2.75) is 26.3 Å². The molecular weight excluding hydrogens is 256 g/mol. The Balaban J connectivity index is 2.25. The maximum atomic E-state index is 11.3. The fraction of sp³-hybridized carbons (Fsp3) is 0.364. The van der Waals surface area contributed by atoms with Crippen LogP contribution in [0.5, 0.6) is 0 Å². The van der Waals surface area contributed by atoms with Gasteiger partial charge in [0, 0.05) is 16.2 Å². The van der Waals surface area contributed by atoms with Crippen molar-refractivity contribution in [3.05, 3.63) is 21.9 Å². The van der Waals surface area contributed by atoms with E-state index in [1.165, 1.54) is 0 Å². The molecule has 7 heteroatoms. The van der Waals surface area contributed by atoms with Crippen LogP contribution in [0, 0.1) is 6.92 Å². The van der Waals surface area contributed by atoms with Crippen LogP contribution in [-0.4, -0.2) is 23.0 Å². The van der Waals surface area contributed by atoms with E-state index in [2.05, 4.69) is 10.6 Å². The van der Waals surface area contributed by atoms with Gasteiger partial charge in [0.05, 0.1) is 13.0 Å². The summed E-state index contributed by atoms with van der Waals surface area (Å²) < 4.78 is 0. The Morgan fingerprint density at radius 1 is 1.28 bits per heavy atom. The van der Waals surface area contributed by atoms with Gasteiger partial charge in [-0.25, -0.2) is 4.79 Å². The number of carboxylic acid groups (broad SMARTS) is 1. The molecule has 0 saturated carbocycles. The first-order valence-electron chi connectivity index (χ1n) is 5.32. The Morgan fingerprint density at radius 3 is 2.56 bits per heavy atom. The smallest absolute Gasteiger partial charge is 0.321 e. The lowest BCUT2D eigenvalue weighted by Crippen LogP contribution is -2.39.